The van der Waals surface area contributed by atoms with Gasteiger partial charge in [-0.3, -0.25) is 4.98 Å². The molecular weight excluding hydrogens is 793 g/mol. The molecule has 2 aliphatic rings. The summed E-state index contributed by atoms with van der Waals surface area (Å²) in [5.74, 6) is -0.124. The van der Waals surface area contributed by atoms with Gasteiger partial charge in [0.25, 0.3) is 0 Å². The fourth-order valence-corrected chi connectivity index (χ4v) is 6.20. The van der Waals surface area contributed by atoms with Crippen LogP contribution in [0.4, 0.5) is 10.5 Å². The number of piperidine rings is 1. The van der Waals surface area contributed by atoms with E-state index in [0.717, 1.165) is 30.5 Å². The van der Waals surface area contributed by atoms with Gasteiger partial charge in [-0.2, -0.15) is 6.07 Å². The fourth-order valence-electron chi connectivity index (χ4n) is 5.36. The Morgan fingerprint density at radius 1 is 1.28 bits per heavy atom. The van der Waals surface area contributed by atoms with Crippen LogP contribution in [0.25, 0.3) is 16.5 Å². The summed E-state index contributed by atoms with van der Waals surface area (Å²) >= 11 is 10.2. The predicted octanol–water partition coefficient (Wildman–Crippen LogP) is 6.13. The van der Waals surface area contributed by atoms with Crippen molar-refractivity contribution in [2.75, 3.05) is 45.7 Å². The van der Waals surface area contributed by atoms with E-state index in [-0.39, 0.29) is 49.3 Å². The van der Waals surface area contributed by atoms with Crippen molar-refractivity contribution < 1.29 is 67.0 Å². The van der Waals surface area contributed by atoms with Gasteiger partial charge in [-0.15, -0.1) is 17.1 Å². The standard InChI is InChI=1S/C30H39BrClN4O5.Ho.H2O/c1-18(2)24-25(31)21(32)15-20-22(16-23(33-26(20)24)40-17-19-9-8-12-35(19)6)34-30(27(37)39-7)10-13-36(14-11-30)28(38)41-29(3,4)5;;/h15,19H,1,8-14,17H2,2-7H3,(H,33,34);;1H2/q-1;;/p-1/t19-;;/m0../s1. The first-order valence-electron chi connectivity index (χ1n) is 13.8. The van der Waals surface area contributed by atoms with E-state index in [1.165, 1.54) is 7.11 Å². The number of benzene rings is 1. The summed E-state index contributed by atoms with van der Waals surface area (Å²) in [6, 6.07) is 5.35. The third-order valence-corrected chi connectivity index (χ3v) is 8.98. The van der Waals surface area contributed by atoms with E-state index in [2.05, 4.69) is 45.8 Å². The first-order chi connectivity index (χ1) is 19.2. The molecule has 0 bridgehead atoms. The summed E-state index contributed by atoms with van der Waals surface area (Å²) in [6.07, 6.45) is 2.37. The third kappa shape index (κ3) is 8.68. The molecule has 10 nitrogen and oxygen atoms in total. The number of anilines is 1. The third-order valence-electron chi connectivity index (χ3n) is 7.63. The average Bonchev–Trinajstić information content (AvgIpc) is 3.31. The summed E-state index contributed by atoms with van der Waals surface area (Å²) in [5.41, 5.74) is 0.913. The predicted molar refractivity (Wildman–Crippen MR) is 166 cm³/mol. The maximum atomic E-state index is 13.3. The largest absolute Gasteiger partial charge is 0.870 e. The minimum Gasteiger partial charge on any atom is -0.870 e. The average molecular weight is 833 g/mol. The number of carbonyl (C=O) groups excluding carboxylic acids is 2. The second kappa shape index (κ2) is 15.3. The summed E-state index contributed by atoms with van der Waals surface area (Å²) < 4.78 is 17.7. The van der Waals surface area contributed by atoms with E-state index in [0.29, 0.717) is 64.5 Å². The number of allylic oxidation sites excluding steroid dienone is 1. The monoisotopic (exact) mass is 831 g/mol. The number of ether oxygens (including phenoxy) is 3. The van der Waals surface area contributed by atoms with E-state index in [1.807, 2.05) is 27.7 Å². The molecule has 2 saturated heterocycles. The van der Waals surface area contributed by atoms with Gasteiger partial charge in [0.05, 0.1) is 7.11 Å². The second-order valence-corrected chi connectivity index (χ2v) is 13.1. The molecule has 2 N–H and O–H groups in total. The first-order valence-corrected chi connectivity index (χ1v) is 15.0. The molecule has 43 heavy (non-hydrogen) atoms. The smallest absolute Gasteiger partial charge is 0.410 e. The van der Waals surface area contributed by atoms with Crippen LogP contribution in [-0.2, 0) is 14.3 Å². The van der Waals surface area contributed by atoms with Crippen LogP contribution in [0.5, 0.6) is 5.88 Å². The Kier molecular flexibility index (Phi) is 13.5. The molecule has 1 radical (unpaired) electrons. The van der Waals surface area contributed by atoms with Gasteiger partial charge in [-0.05, 0) is 88.5 Å². The van der Waals surface area contributed by atoms with Crippen molar-refractivity contribution in [1.82, 2.24) is 14.8 Å². The van der Waals surface area contributed by atoms with Gasteiger partial charge in [0.2, 0.25) is 0 Å². The van der Waals surface area contributed by atoms with E-state index < -0.39 is 23.2 Å². The van der Waals surface area contributed by atoms with Crippen LogP contribution in [-0.4, -0.2) is 89.9 Å². The number of nitrogens with zero attached hydrogens (tertiary/aromatic N) is 3. The number of likely N-dealkylation sites (N-methyl/N-ethyl adjacent to an activating group) is 1. The maximum absolute atomic E-state index is 13.3. The fraction of sp³-hybridized carbons (Fsp3) is 0.567. The van der Waals surface area contributed by atoms with Crippen molar-refractivity contribution >= 4 is 61.8 Å². The quantitative estimate of drug-likeness (QED) is 0.199. The van der Waals surface area contributed by atoms with Crippen LogP contribution in [0.3, 0.4) is 0 Å². The molecule has 243 valence electrons. The van der Waals surface area contributed by atoms with E-state index in [1.54, 1.807) is 11.0 Å². The molecular formula is C30H40BrClHoN4O6-2. The van der Waals surface area contributed by atoms with Crippen LogP contribution in [0.1, 0.15) is 58.9 Å². The number of methoxy groups -OCH3 is 1. The number of esters is 1. The number of carbonyl (C=O) groups is 2. The molecule has 2 aliphatic heterocycles. The number of aromatic nitrogens is 1. The van der Waals surface area contributed by atoms with Gasteiger partial charge in [-0.1, -0.05) is 18.2 Å². The number of rotatable bonds is 7. The molecule has 3 heterocycles. The number of hydrogen-bond acceptors (Lipinski definition) is 9. The van der Waals surface area contributed by atoms with E-state index in [9.17, 15) is 9.59 Å². The Morgan fingerprint density at radius 2 is 1.93 bits per heavy atom. The summed E-state index contributed by atoms with van der Waals surface area (Å²) in [5, 5.41) is 4.58. The minimum atomic E-state index is -1.12. The van der Waals surface area contributed by atoms with Crippen LogP contribution < -0.4 is 10.1 Å². The Balaban J connectivity index is 0.00000323. The number of pyridine rings is 1. The van der Waals surface area contributed by atoms with Crippen LogP contribution in [0.15, 0.2) is 17.1 Å². The molecule has 0 saturated carbocycles. The van der Waals surface area contributed by atoms with E-state index >= 15 is 0 Å². The molecule has 1 aromatic carbocycles. The van der Waals surface area contributed by atoms with E-state index in [4.69, 9.17) is 30.8 Å². The zero-order valence-electron chi connectivity index (χ0n) is 25.4. The maximum Gasteiger partial charge on any atom is 0.410 e. The molecule has 4 rings (SSSR count). The van der Waals surface area contributed by atoms with Gasteiger partial charge in [0, 0.05) is 77.4 Å². The SMILES string of the molecule is C=C(C)c1c(Br)c(Cl)cc2c(NC3(C(=O)OC)CCN(C(=O)OC(C)(C)C)CC3)[c-]c(OC[C@@H]3CCCN3C)nc12.[Ho].[OH-]. The Hall–Kier alpha value is -1.34. The number of nitrogens with one attached hydrogen (secondary N) is 1. The van der Waals surface area contributed by atoms with Crippen molar-refractivity contribution in [3.05, 3.63) is 33.8 Å². The van der Waals surface area contributed by atoms with Crippen LogP contribution >= 0.6 is 27.5 Å². The van der Waals surface area contributed by atoms with Gasteiger partial charge < -0.3 is 34.8 Å². The first kappa shape index (κ1) is 37.8. The van der Waals surface area contributed by atoms with Crippen molar-refractivity contribution in [3.8, 4) is 5.88 Å². The Labute approximate surface area is 297 Å². The van der Waals surface area contributed by atoms with Crippen LogP contribution in [0.2, 0.25) is 5.02 Å². The molecule has 1 atom stereocenters. The molecule has 0 aliphatic carbocycles. The molecule has 13 heteroatoms. The second-order valence-electron chi connectivity index (χ2n) is 11.9. The van der Waals surface area contributed by atoms with Crippen LogP contribution in [0, 0.1) is 43.8 Å². The van der Waals surface area contributed by atoms with Gasteiger partial charge in [0.15, 0.2) is 0 Å². The normalized spacial score (nSPS) is 18.3. The molecule has 1 amide bonds. The number of fused-ring (bicyclic) bond motifs is 1. The Morgan fingerprint density at radius 3 is 2.47 bits per heavy atom. The molecule has 0 unspecified atom stereocenters. The number of hydrogen-bond donors (Lipinski definition) is 1. The molecule has 2 aromatic rings. The number of likely N-dealkylation sites (tertiary alicyclic amines) is 2. The topological polar surface area (TPSA) is 123 Å². The van der Waals surface area contributed by atoms with Crippen molar-refractivity contribution in [3.63, 3.8) is 0 Å². The number of amides is 1. The summed E-state index contributed by atoms with van der Waals surface area (Å²) in [7, 11) is 3.45. The van der Waals surface area contributed by atoms with Crippen molar-refractivity contribution in [2.24, 2.45) is 0 Å². The van der Waals surface area contributed by atoms with Crippen molar-refractivity contribution in [2.45, 2.75) is 70.6 Å². The minimum absolute atomic E-state index is 0. The number of halogens is 2. The summed E-state index contributed by atoms with van der Waals surface area (Å²) in [6.45, 7) is 13.6. The van der Waals surface area contributed by atoms with Gasteiger partial charge in [0.1, 0.15) is 23.6 Å². The Bertz CT molecular complexity index is 1350. The van der Waals surface area contributed by atoms with Crippen molar-refractivity contribution in [1.29, 1.82) is 0 Å². The zero-order valence-corrected chi connectivity index (χ0v) is 29.7. The summed E-state index contributed by atoms with van der Waals surface area (Å²) in [4.78, 5) is 34.8. The molecule has 0 spiro atoms. The van der Waals surface area contributed by atoms with Gasteiger partial charge in [-0.25, -0.2) is 9.59 Å². The zero-order chi connectivity index (χ0) is 30.1. The molecule has 1 aromatic heterocycles. The van der Waals surface area contributed by atoms with Gasteiger partial charge >= 0.3 is 12.1 Å². The molecule has 2 fully saturated rings.